The summed E-state index contributed by atoms with van der Waals surface area (Å²) >= 11 is 0. The number of carbonyl (C=O) groups is 1. The number of likely N-dealkylation sites (tertiary alicyclic amines) is 1. The Hall–Kier alpha value is -3.37. The molecule has 0 unspecified atom stereocenters. The molecule has 4 nitrogen and oxygen atoms in total. The normalized spacial score (nSPS) is 15.2. The van der Waals surface area contributed by atoms with E-state index in [0.717, 1.165) is 60.3 Å². The standard InChI is InChI=1S/C28H29N3O/c1-21-18-24-19-26(12-13-27(24)29-21)31(28(32)23-10-6-3-7-11-23)25-14-16-30(17-15-25)20-22-8-4-2-5-9-22/h2-13,18-19,25,29H,14-17,20H2,1H3. The van der Waals surface area contributed by atoms with Crippen molar-refractivity contribution < 1.29 is 4.79 Å². The van der Waals surface area contributed by atoms with Crippen molar-refractivity contribution in [1.29, 1.82) is 0 Å². The van der Waals surface area contributed by atoms with Crippen molar-refractivity contribution in [3.8, 4) is 0 Å². The van der Waals surface area contributed by atoms with E-state index in [4.69, 9.17) is 0 Å². The van der Waals surface area contributed by atoms with E-state index < -0.39 is 0 Å². The molecule has 0 atom stereocenters. The van der Waals surface area contributed by atoms with Crippen LogP contribution in [-0.4, -0.2) is 34.9 Å². The molecule has 1 fully saturated rings. The molecule has 4 aromatic rings. The summed E-state index contributed by atoms with van der Waals surface area (Å²) in [6.07, 6.45) is 1.94. The van der Waals surface area contributed by atoms with E-state index in [9.17, 15) is 4.79 Å². The van der Waals surface area contributed by atoms with Gasteiger partial charge >= 0.3 is 0 Å². The maximum absolute atomic E-state index is 13.7. The van der Waals surface area contributed by atoms with E-state index in [1.165, 1.54) is 5.56 Å². The summed E-state index contributed by atoms with van der Waals surface area (Å²) in [7, 11) is 0. The fraction of sp³-hybridized carbons (Fsp3) is 0.250. The number of amides is 1. The van der Waals surface area contributed by atoms with E-state index in [1.807, 2.05) is 35.2 Å². The molecular formula is C28H29N3O. The SMILES string of the molecule is Cc1cc2cc(N(C(=O)c3ccccc3)C3CCN(Cc4ccccc4)CC3)ccc2[nH]1. The number of aromatic amines is 1. The first-order valence-corrected chi connectivity index (χ1v) is 11.4. The summed E-state index contributed by atoms with van der Waals surface area (Å²) in [4.78, 5) is 21.6. The highest BCUT2D eigenvalue weighted by Crippen LogP contribution is 2.29. The van der Waals surface area contributed by atoms with Gasteiger partial charge in [0.15, 0.2) is 0 Å². The molecule has 4 heteroatoms. The first-order valence-electron chi connectivity index (χ1n) is 11.4. The second-order valence-corrected chi connectivity index (χ2v) is 8.76. The molecular weight excluding hydrogens is 394 g/mol. The summed E-state index contributed by atoms with van der Waals surface area (Å²) in [6.45, 7) is 5.01. The van der Waals surface area contributed by atoms with Crippen LogP contribution in [0.4, 0.5) is 5.69 Å². The second kappa shape index (κ2) is 9.01. The van der Waals surface area contributed by atoms with Crippen molar-refractivity contribution >= 4 is 22.5 Å². The lowest BCUT2D eigenvalue weighted by Crippen LogP contribution is -2.47. The van der Waals surface area contributed by atoms with Gasteiger partial charge in [-0.1, -0.05) is 48.5 Å². The molecule has 162 valence electrons. The van der Waals surface area contributed by atoms with Crippen molar-refractivity contribution in [2.45, 2.75) is 32.4 Å². The maximum Gasteiger partial charge on any atom is 0.258 e. The first kappa shape index (κ1) is 20.5. The Balaban J connectivity index is 1.40. The highest BCUT2D eigenvalue weighted by atomic mass is 16.2. The first-order chi connectivity index (χ1) is 15.7. The van der Waals surface area contributed by atoms with Crippen LogP contribution in [0, 0.1) is 6.92 Å². The Bertz CT molecular complexity index is 1190. The van der Waals surface area contributed by atoms with Crippen molar-refractivity contribution in [3.05, 3.63) is 102 Å². The van der Waals surface area contributed by atoms with Gasteiger partial charge < -0.3 is 9.88 Å². The minimum atomic E-state index is 0.0821. The number of fused-ring (bicyclic) bond motifs is 1. The summed E-state index contributed by atoms with van der Waals surface area (Å²) in [5.74, 6) is 0.0821. The number of piperidine rings is 1. The van der Waals surface area contributed by atoms with Crippen LogP contribution >= 0.6 is 0 Å². The van der Waals surface area contributed by atoms with Gasteiger partial charge in [0, 0.05) is 53.5 Å². The average Bonchev–Trinajstić information content (AvgIpc) is 3.21. The minimum Gasteiger partial charge on any atom is -0.359 e. The Morgan fingerprint density at radius 3 is 2.34 bits per heavy atom. The Morgan fingerprint density at radius 2 is 1.62 bits per heavy atom. The molecule has 0 radical (unpaired) electrons. The predicted octanol–water partition coefficient (Wildman–Crippen LogP) is 5.79. The van der Waals surface area contributed by atoms with Gasteiger partial charge in [-0.15, -0.1) is 0 Å². The molecule has 1 saturated heterocycles. The fourth-order valence-electron chi connectivity index (χ4n) is 4.81. The molecule has 2 heterocycles. The quantitative estimate of drug-likeness (QED) is 0.441. The smallest absolute Gasteiger partial charge is 0.258 e. The van der Waals surface area contributed by atoms with E-state index in [2.05, 4.69) is 71.4 Å². The zero-order chi connectivity index (χ0) is 21.9. The third-order valence-corrected chi connectivity index (χ3v) is 6.43. The number of carbonyl (C=O) groups excluding carboxylic acids is 1. The van der Waals surface area contributed by atoms with Crippen LogP contribution in [0.25, 0.3) is 10.9 Å². The molecule has 0 spiro atoms. The van der Waals surface area contributed by atoms with Gasteiger partial charge in [-0.05, 0) is 61.7 Å². The number of H-pyrrole nitrogens is 1. The lowest BCUT2D eigenvalue weighted by molar-refractivity contribution is 0.0958. The fourth-order valence-corrected chi connectivity index (χ4v) is 4.81. The van der Waals surface area contributed by atoms with Crippen LogP contribution in [0.15, 0.2) is 84.9 Å². The molecule has 0 saturated carbocycles. The number of nitrogens with one attached hydrogen (secondary N) is 1. The molecule has 1 aromatic heterocycles. The molecule has 3 aromatic carbocycles. The highest BCUT2D eigenvalue weighted by Gasteiger charge is 2.30. The van der Waals surface area contributed by atoms with Gasteiger partial charge in [-0.3, -0.25) is 9.69 Å². The zero-order valence-electron chi connectivity index (χ0n) is 18.5. The second-order valence-electron chi connectivity index (χ2n) is 8.76. The molecule has 1 amide bonds. The highest BCUT2D eigenvalue weighted by molar-refractivity contribution is 6.07. The molecule has 5 rings (SSSR count). The number of anilines is 1. The molecule has 1 N–H and O–H groups in total. The Morgan fingerprint density at radius 1 is 0.938 bits per heavy atom. The largest absolute Gasteiger partial charge is 0.359 e. The van der Waals surface area contributed by atoms with Crippen molar-refractivity contribution in [2.24, 2.45) is 0 Å². The van der Waals surface area contributed by atoms with E-state index >= 15 is 0 Å². The third kappa shape index (κ3) is 4.32. The number of aromatic nitrogens is 1. The number of hydrogen-bond donors (Lipinski definition) is 1. The van der Waals surface area contributed by atoms with Crippen molar-refractivity contribution in [1.82, 2.24) is 9.88 Å². The van der Waals surface area contributed by atoms with Crippen molar-refractivity contribution in [2.75, 3.05) is 18.0 Å². The van der Waals surface area contributed by atoms with Crippen LogP contribution in [-0.2, 0) is 6.54 Å². The summed E-state index contributed by atoms with van der Waals surface area (Å²) < 4.78 is 0. The Labute approximate surface area is 189 Å². The summed E-state index contributed by atoms with van der Waals surface area (Å²) in [5, 5.41) is 1.15. The molecule has 0 bridgehead atoms. The third-order valence-electron chi connectivity index (χ3n) is 6.43. The number of hydrogen-bond acceptors (Lipinski definition) is 2. The molecule has 1 aliphatic heterocycles. The zero-order valence-corrected chi connectivity index (χ0v) is 18.5. The van der Waals surface area contributed by atoms with Gasteiger partial charge in [0.25, 0.3) is 5.91 Å². The van der Waals surface area contributed by atoms with Crippen molar-refractivity contribution in [3.63, 3.8) is 0 Å². The number of nitrogens with zero attached hydrogens (tertiary/aromatic N) is 2. The van der Waals surface area contributed by atoms with E-state index in [-0.39, 0.29) is 11.9 Å². The van der Waals surface area contributed by atoms with Gasteiger partial charge in [-0.25, -0.2) is 0 Å². The summed E-state index contributed by atoms with van der Waals surface area (Å²) in [5.41, 5.74) is 5.30. The van der Waals surface area contributed by atoms with Gasteiger partial charge in [-0.2, -0.15) is 0 Å². The number of rotatable bonds is 5. The molecule has 0 aliphatic carbocycles. The topological polar surface area (TPSA) is 39.3 Å². The predicted molar refractivity (Wildman–Crippen MR) is 131 cm³/mol. The van der Waals surface area contributed by atoms with Crippen LogP contribution in [0.1, 0.15) is 34.5 Å². The minimum absolute atomic E-state index is 0.0821. The lowest BCUT2D eigenvalue weighted by Gasteiger charge is -2.38. The lowest BCUT2D eigenvalue weighted by atomic mass is 10.00. The van der Waals surface area contributed by atoms with Crippen LogP contribution in [0.2, 0.25) is 0 Å². The van der Waals surface area contributed by atoms with E-state index in [1.54, 1.807) is 0 Å². The van der Waals surface area contributed by atoms with Crippen LogP contribution in [0.5, 0.6) is 0 Å². The van der Waals surface area contributed by atoms with Gasteiger partial charge in [0.1, 0.15) is 0 Å². The van der Waals surface area contributed by atoms with Crippen LogP contribution in [0.3, 0.4) is 0 Å². The van der Waals surface area contributed by atoms with Crippen LogP contribution < -0.4 is 4.90 Å². The van der Waals surface area contributed by atoms with E-state index in [0.29, 0.717) is 0 Å². The van der Waals surface area contributed by atoms with Gasteiger partial charge in [0.05, 0.1) is 0 Å². The number of aryl methyl sites for hydroxylation is 1. The van der Waals surface area contributed by atoms with Gasteiger partial charge in [0.2, 0.25) is 0 Å². The maximum atomic E-state index is 13.7. The Kier molecular flexibility index (Phi) is 5.78. The number of benzene rings is 3. The average molecular weight is 424 g/mol. The molecule has 32 heavy (non-hydrogen) atoms. The molecule has 1 aliphatic rings. The summed E-state index contributed by atoms with van der Waals surface area (Å²) in [6, 6.07) is 28.9. The monoisotopic (exact) mass is 423 g/mol.